The molecule has 10 heteroatoms. The van der Waals surface area contributed by atoms with Gasteiger partial charge in [0.05, 0.1) is 12.1 Å². The van der Waals surface area contributed by atoms with Crippen LogP contribution in [-0.2, 0) is 23.9 Å². The molecule has 0 aromatic carbocycles. The van der Waals surface area contributed by atoms with Crippen LogP contribution in [0.25, 0.3) is 0 Å². The molecule has 0 heterocycles. The predicted molar refractivity (Wildman–Crippen MR) is 128 cm³/mol. The Labute approximate surface area is 202 Å². The van der Waals surface area contributed by atoms with Crippen molar-refractivity contribution < 1.29 is 29.0 Å². The number of rotatable bonds is 18. The molecule has 0 saturated heterocycles. The van der Waals surface area contributed by atoms with Crippen LogP contribution in [0.4, 0.5) is 0 Å². The van der Waals surface area contributed by atoms with E-state index in [0.717, 1.165) is 32.1 Å². The fourth-order valence-corrected chi connectivity index (χ4v) is 3.60. The topological polar surface area (TPSA) is 174 Å². The molecule has 0 aliphatic heterocycles. The highest BCUT2D eigenvalue weighted by Gasteiger charge is 2.37. The van der Waals surface area contributed by atoms with E-state index in [1.807, 2.05) is 0 Å². The van der Waals surface area contributed by atoms with E-state index in [1.54, 1.807) is 0 Å². The number of nitrogens with one attached hydrogen (secondary N) is 2. The Hall–Kier alpha value is -2.04. The van der Waals surface area contributed by atoms with Crippen molar-refractivity contribution >= 4 is 23.6 Å². The van der Waals surface area contributed by atoms with E-state index in [2.05, 4.69) is 24.5 Å². The highest BCUT2D eigenvalue weighted by Crippen LogP contribution is 2.31. The molecular formula is C24H44N4O6. The molecule has 34 heavy (non-hydrogen) atoms. The van der Waals surface area contributed by atoms with Crippen LogP contribution in [0.5, 0.6) is 0 Å². The lowest BCUT2D eigenvalue weighted by Crippen LogP contribution is -2.58. The van der Waals surface area contributed by atoms with Gasteiger partial charge in [0.1, 0.15) is 6.04 Å². The summed E-state index contributed by atoms with van der Waals surface area (Å²) in [5.41, 5.74) is 11.2. The number of ether oxygens (including phenoxy) is 1. The number of ketones is 1. The van der Waals surface area contributed by atoms with Crippen LogP contribution >= 0.6 is 0 Å². The summed E-state index contributed by atoms with van der Waals surface area (Å²) in [6.07, 6.45) is 3.37. The Morgan fingerprint density at radius 3 is 2.15 bits per heavy atom. The molecule has 1 saturated carbocycles. The summed E-state index contributed by atoms with van der Waals surface area (Å²) in [6, 6.07) is -2.09. The molecule has 1 aliphatic rings. The van der Waals surface area contributed by atoms with Crippen LogP contribution in [0.15, 0.2) is 0 Å². The van der Waals surface area contributed by atoms with Crippen molar-refractivity contribution in [1.82, 2.24) is 10.6 Å². The number of aliphatic hydroxyl groups is 1. The molecule has 5 atom stereocenters. The van der Waals surface area contributed by atoms with Crippen LogP contribution in [0.1, 0.15) is 78.6 Å². The molecular weight excluding hydrogens is 440 g/mol. The van der Waals surface area contributed by atoms with E-state index in [-0.39, 0.29) is 44.1 Å². The van der Waals surface area contributed by atoms with E-state index in [9.17, 15) is 24.3 Å². The summed E-state index contributed by atoms with van der Waals surface area (Å²) in [5, 5.41) is 15.2. The van der Waals surface area contributed by atoms with Crippen LogP contribution < -0.4 is 22.1 Å². The second kappa shape index (κ2) is 15.8. The first-order valence-corrected chi connectivity index (χ1v) is 12.6. The molecule has 0 spiro atoms. The number of unbranched alkanes of at least 4 members (excludes halogenated alkanes) is 1. The van der Waals surface area contributed by atoms with Gasteiger partial charge in [-0.1, -0.05) is 33.1 Å². The Morgan fingerprint density at radius 1 is 0.971 bits per heavy atom. The van der Waals surface area contributed by atoms with Crippen LogP contribution in [-0.4, -0.2) is 66.1 Å². The van der Waals surface area contributed by atoms with Crippen molar-refractivity contribution in [3.63, 3.8) is 0 Å². The number of carbonyl (C=O) groups is 4. The summed E-state index contributed by atoms with van der Waals surface area (Å²) in [6.45, 7) is 5.95. The smallest absolute Gasteiger partial charge is 0.306 e. The first kappa shape index (κ1) is 30.0. The number of esters is 1. The number of hydrogen-bond donors (Lipinski definition) is 5. The molecule has 0 aromatic heterocycles. The lowest BCUT2D eigenvalue weighted by Gasteiger charge is -2.26. The summed E-state index contributed by atoms with van der Waals surface area (Å²) in [5.74, 6) is -1.48. The quantitative estimate of drug-likeness (QED) is 0.138. The van der Waals surface area contributed by atoms with Gasteiger partial charge < -0.3 is 31.9 Å². The standard InChI is InChI=1S/C24H44N4O6/c1-4-15(2)7-5-6-8-20(30)34-19(12-14-26)23(32)28-21(16(3)29)24(33)27-18(11-13-25)22(31)17-9-10-17/h15-19,21,29H,4-14,25-26H2,1-3H3,(H,27,33)(H,28,32)/t15-,16-,18-,19-,21-/m0/s1. The largest absolute Gasteiger partial charge is 0.452 e. The van der Waals surface area contributed by atoms with Gasteiger partial charge in [-0.3, -0.25) is 19.2 Å². The zero-order valence-electron chi connectivity index (χ0n) is 20.9. The Kier molecular flexibility index (Phi) is 13.9. The predicted octanol–water partition coefficient (Wildman–Crippen LogP) is 0.532. The second-order valence-electron chi connectivity index (χ2n) is 9.36. The van der Waals surface area contributed by atoms with Crippen LogP contribution in [0.3, 0.4) is 0 Å². The summed E-state index contributed by atoms with van der Waals surface area (Å²) < 4.78 is 5.33. The van der Waals surface area contributed by atoms with Crippen LogP contribution in [0, 0.1) is 11.8 Å². The number of Topliss-reactive ketones (excluding diaryl/α,β-unsaturated/α-hetero) is 1. The lowest BCUT2D eigenvalue weighted by atomic mass is 10.0. The van der Waals surface area contributed by atoms with Gasteiger partial charge in [-0.05, 0) is 51.6 Å². The van der Waals surface area contributed by atoms with Gasteiger partial charge in [0.15, 0.2) is 11.9 Å². The SMILES string of the molecule is CC[C@H](C)CCCCC(=O)O[C@@H](CCN)C(=O)N[C@H](C(=O)N[C@@H](CCN)C(=O)C1CC1)[C@H](C)O. The molecule has 0 unspecified atom stereocenters. The molecule has 0 aromatic rings. The Morgan fingerprint density at radius 2 is 1.62 bits per heavy atom. The molecule has 0 bridgehead atoms. The van der Waals surface area contributed by atoms with Crippen molar-refractivity contribution in [1.29, 1.82) is 0 Å². The Balaban J connectivity index is 2.68. The molecule has 196 valence electrons. The second-order valence-corrected chi connectivity index (χ2v) is 9.36. The first-order chi connectivity index (χ1) is 16.1. The lowest BCUT2D eigenvalue weighted by molar-refractivity contribution is -0.157. The van der Waals surface area contributed by atoms with Gasteiger partial charge >= 0.3 is 5.97 Å². The van der Waals surface area contributed by atoms with E-state index in [0.29, 0.717) is 12.3 Å². The first-order valence-electron chi connectivity index (χ1n) is 12.6. The van der Waals surface area contributed by atoms with E-state index in [4.69, 9.17) is 16.2 Å². The van der Waals surface area contributed by atoms with E-state index < -0.39 is 42.1 Å². The molecule has 1 fully saturated rings. The zero-order chi connectivity index (χ0) is 25.7. The average Bonchev–Trinajstić information content (AvgIpc) is 3.64. The van der Waals surface area contributed by atoms with E-state index in [1.165, 1.54) is 6.92 Å². The minimum atomic E-state index is -1.32. The van der Waals surface area contributed by atoms with Crippen molar-refractivity contribution in [3.8, 4) is 0 Å². The minimum Gasteiger partial charge on any atom is -0.452 e. The monoisotopic (exact) mass is 484 g/mol. The van der Waals surface area contributed by atoms with Gasteiger partial charge in [0.2, 0.25) is 5.91 Å². The van der Waals surface area contributed by atoms with Gasteiger partial charge in [-0.2, -0.15) is 0 Å². The molecule has 10 nitrogen and oxygen atoms in total. The summed E-state index contributed by atoms with van der Waals surface area (Å²) in [7, 11) is 0. The van der Waals surface area contributed by atoms with Gasteiger partial charge in [-0.25, -0.2) is 0 Å². The molecule has 0 radical (unpaired) electrons. The van der Waals surface area contributed by atoms with Crippen molar-refractivity contribution in [2.75, 3.05) is 13.1 Å². The summed E-state index contributed by atoms with van der Waals surface area (Å²) in [4.78, 5) is 50.3. The zero-order valence-corrected chi connectivity index (χ0v) is 20.9. The highest BCUT2D eigenvalue weighted by molar-refractivity contribution is 5.95. The number of nitrogens with two attached hydrogens (primary N) is 2. The number of aliphatic hydroxyl groups excluding tert-OH is 1. The number of carbonyl (C=O) groups excluding carboxylic acids is 4. The van der Waals surface area contributed by atoms with Crippen molar-refractivity contribution in [3.05, 3.63) is 0 Å². The maximum atomic E-state index is 12.8. The summed E-state index contributed by atoms with van der Waals surface area (Å²) >= 11 is 0. The normalized spacial score (nSPS) is 17.7. The third kappa shape index (κ3) is 10.9. The van der Waals surface area contributed by atoms with Crippen LogP contribution in [0.2, 0.25) is 0 Å². The number of amides is 2. The van der Waals surface area contributed by atoms with E-state index >= 15 is 0 Å². The fourth-order valence-electron chi connectivity index (χ4n) is 3.60. The molecule has 2 amide bonds. The minimum absolute atomic E-state index is 0.0741. The third-order valence-corrected chi connectivity index (χ3v) is 6.18. The number of hydrogen-bond acceptors (Lipinski definition) is 8. The average molecular weight is 485 g/mol. The molecule has 7 N–H and O–H groups in total. The maximum absolute atomic E-state index is 12.8. The van der Waals surface area contributed by atoms with Gasteiger partial charge in [0.25, 0.3) is 5.91 Å². The fraction of sp³-hybridized carbons (Fsp3) is 0.833. The Bertz CT molecular complexity index is 668. The molecule has 1 aliphatic carbocycles. The van der Waals surface area contributed by atoms with Crippen molar-refractivity contribution in [2.45, 2.75) is 103 Å². The van der Waals surface area contributed by atoms with Gasteiger partial charge in [0, 0.05) is 18.8 Å². The highest BCUT2D eigenvalue weighted by atomic mass is 16.5. The molecule has 1 rings (SSSR count). The van der Waals surface area contributed by atoms with Gasteiger partial charge in [-0.15, -0.1) is 0 Å². The maximum Gasteiger partial charge on any atom is 0.306 e. The third-order valence-electron chi connectivity index (χ3n) is 6.18. The van der Waals surface area contributed by atoms with Crippen molar-refractivity contribution in [2.24, 2.45) is 23.3 Å².